The summed E-state index contributed by atoms with van der Waals surface area (Å²) in [5.74, 6) is -2.23. The topological polar surface area (TPSA) is 66.5 Å². The van der Waals surface area contributed by atoms with Gasteiger partial charge in [-0.25, -0.2) is 4.39 Å². The number of carbonyl (C=O) groups excluding carboxylic acids is 3. The SMILES string of the molecule is CC(C(=O)Nc1ccccc1F)N1C(=O)C2CCCCC2C1=O. The van der Waals surface area contributed by atoms with Crippen molar-refractivity contribution in [3.05, 3.63) is 30.1 Å². The van der Waals surface area contributed by atoms with Crippen LogP contribution in [0.2, 0.25) is 0 Å². The van der Waals surface area contributed by atoms with Crippen molar-refractivity contribution in [1.82, 2.24) is 4.90 Å². The minimum atomic E-state index is -0.944. The van der Waals surface area contributed by atoms with Gasteiger partial charge in [0.1, 0.15) is 11.9 Å². The van der Waals surface area contributed by atoms with E-state index >= 15 is 0 Å². The zero-order valence-corrected chi connectivity index (χ0v) is 12.9. The Bertz CT molecular complexity index is 637. The molecular weight excluding hydrogens is 299 g/mol. The third kappa shape index (κ3) is 2.73. The van der Waals surface area contributed by atoms with Gasteiger partial charge in [0.15, 0.2) is 0 Å². The van der Waals surface area contributed by atoms with Crippen LogP contribution in [0, 0.1) is 17.7 Å². The maximum absolute atomic E-state index is 13.6. The average Bonchev–Trinajstić information content (AvgIpc) is 2.81. The number of halogens is 1. The summed E-state index contributed by atoms with van der Waals surface area (Å²) in [6.07, 6.45) is 3.27. The number of nitrogens with one attached hydrogen (secondary N) is 1. The summed E-state index contributed by atoms with van der Waals surface area (Å²) in [6, 6.07) is 4.85. The average molecular weight is 318 g/mol. The normalized spacial score (nSPS) is 25.2. The molecule has 1 aromatic rings. The minimum Gasteiger partial charge on any atom is -0.322 e. The van der Waals surface area contributed by atoms with Crippen molar-refractivity contribution in [3.63, 3.8) is 0 Å². The molecule has 1 aromatic carbocycles. The van der Waals surface area contributed by atoms with Gasteiger partial charge in [0.25, 0.3) is 0 Å². The lowest BCUT2D eigenvalue weighted by atomic mass is 9.81. The number of nitrogens with zero attached hydrogens (tertiary/aromatic N) is 1. The quantitative estimate of drug-likeness (QED) is 0.870. The summed E-state index contributed by atoms with van der Waals surface area (Å²) >= 11 is 0. The maximum Gasteiger partial charge on any atom is 0.247 e. The molecule has 2 aliphatic rings. The van der Waals surface area contributed by atoms with Gasteiger partial charge in [-0.15, -0.1) is 0 Å². The number of rotatable bonds is 3. The standard InChI is InChI=1S/C17H19FN2O3/c1-10(15(21)19-14-9-5-4-8-13(14)18)20-16(22)11-6-2-3-7-12(11)17(20)23/h4-5,8-12H,2-3,6-7H2,1H3,(H,19,21). The van der Waals surface area contributed by atoms with E-state index in [1.807, 2.05) is 0 Å². The van der Waals surface area contributed by atoms with Crippen LogP contribution < -0.4 is 5.32 Å². The highest BCUT2D eigenvalue weighted by molar-refractivity contribution is 6.09. The smallest absolute Gasteiger partial charge is 0.247 e. The Labute approximate surface area is 133 Å². The molecule has 1 aliphatic carbocycles. The van der Waals surface area contributed by atoms with E-state index in [2.05, 4.69) is 5.32 Å². The van der Waals surface area contributed by atoms with Crippen LogP contribution in [0.5, 0.6) is 0 Å². The molecule has 0 aromatic heterocycles. The Balaban J connectivity index is 1.76. The molecule has 3 rings (SSSR count). The van der Waals surface area contributed by atoms with Crippen molar-refractivity contribution in [2.45, 2.75) is 38.6 Å². The van der Waals surface area contributed by atoms with Gasteiger partial charge in [0.2, 0.25) is 17.7 Å². The van der Waals surface area contributed by atoms with Crippen molar-refractivity contribution in [2.24, 2.45) is 11.8 Å². The number of fused-ring (bicyclic) bond motifs is 1. The first-order valence-electron chi connectivity index (χ1n) is 7.93. The van der Waals surface area contributed by atoms with Crippen LogP contribution >= 0.6 is 0 Å². The van der Waals surface area contributed by atoms with Crippen LogP contribution in [0.3, 0.4) is 0 Å². The summed E-state index contributed by atoms with van der Waals surface area (Å²) in [6.45, 7) is 1.50. The predicted molar refractivity (Wildman–Crippen MR) is 81.8 cm³/mol. The summed E-state index contributed by atoms with van der Waals surface area (Å²) in [5.41, 5.74) is 0.0425. The molecule has 1 saturated carbocycles. The summed E-state index contributed by atoms with van der Waals surface area (Å²) in [7, 11) is 0. The van der Waals surface area contributed by atoms with E-state index in [1.165, 1.54) is 25.1 Å². The molecule has 1 aliphatic heterocycles. The molecule has 1 N–H and O–H groups in total. The van der Waals surface area contributed by atoms with Gasteiger partial charge in [-0.05, 0) is 31.9 Å². The van der Waals surface area contributed by atoms with Crippen molar-refractivity contribution >= 4 is 23.4 Å². The summed E-state index contributed by atoms with van der Waals surface area (Å²) in [5, 5.41) is 2.45. The lowest BCUT2D eigenvalue weighted by molar-refractivity contribution is -0.146. The minimum absolute atomic E-state index is 0.0425. The first kappa shape index (κ1) is 15.6. The lowest BCUT2D eigenvalue weighted by Gasteiger charge is -2.22. The molecular formula is C17H19FN2O3. The highest BCUT2D eigenvalue weighted by atomic mass is 19.1. The molecule has 0 radical (unpaired) electrons. The highest BCUT2D eigenvalue weighted by Gasteiger charge is 2.50. The first-order valence-corrected chi connectivity index (χ1v) is 7.93. The monoisotopic (exact) mass is 318 g/mol. The van der Waals surface area contributed by atoms with Gasteiger partial charge in [-0.3, -0.25) is 19.3 Å². The number of hydrogen-bond donors (Lipinski definition) is 1. The molecule has 3 atom stereocenters. The zero-order chi connectivity index (χ0) is 16.6. The van der Waals surface area contributed by atoms with Crippen LogP contribution in [0.15, 0.2) is 24.3 Å². The molecule has 3 unspecified atom stereocenters. The summed E-state index contributed by atoms with van der Waals surface area (Å²) < 4.78 is 13.6. The van der Waals surface area contributed by atoms with E-state index in [-0.39, 0.29) is 29.3 Å². The Morgan fingerprint density at radius 1 is 1.17 bits per heavy atom. The second-order valence-electron chi connectivity index (χ2n) is 6.19. The van der Waals surface area contributed by atoms with E-state index in [0.29, 0.717) is 12.8 Å². The number of amides is 3. The Morgan fingerprint density at radius 2 is 1.74 bits per heavy atom. The number of carbonyl (C=O) groups is 3. The van der Waals surface area contributed by atoms with E-state index in [0.717, 1.165) is 17.7 Å². The van der Waals surface area contributed by atoms with Crippen molar-refractivity contribution in [2.75, 3.05) is 5.32 Å². The number of hydrogen-bond acceptors (Lipinski definition) is 3. The van der Waals surface area contributed by atoms with Crippen LogP contribution in [0.1, 0.15) is 32.6 Å². The highest BCUT2D eigenvalue weighted by Crippen LogP contribution is 2.38. The van der Waals surface area contributed by atoms with Crippen molar-refractivity contribution in [3.8, 4) is 0 Å². The second-order valence-corrected chi connectivity index (χ2v) is 6.19. The van der Waals surface area contributed by atoms with Crippen LogP contribution in [-0.4, -0.2) is 28.7 Å². The molecule has 23 heavy (non-hydrogen) atoms. The molecule has 1 saturated heterocycles. The van der Waals surface area contributed by atoms with E-state index < -0.39 is 17.8 Å². The predicted octanol–water partition coefficient (Wildman–Crippen LogP) is 2.33. The Kier molecular flexibility index (Phi) is 4.15. The van der Waals surface area contributed by atoms with Crippen LogP contribution in [0.25, 0.3) is 0 Å². The molecule has 2 fully saturated rings. The fourth-order valence-corrected chi connectivity index (χ4v) is 3.49. The molecule has 6 heteroatoms. The number of imide groups is 1. The third-order valence-electron chi connectivity index (χ3n) is 4.77. The van der Waals surface area contributed by atoms with Crippen molar-refractivity contribution < 1.29 is 18.8 Å². The fraction of sp³-hybridized carbons (Fsp3) is 0.471. The Hall–Kier alpha value is -2.24. The summed E-state index contributed by atoms with van der Waals surface area (Å²) in [4.78, 5) is 38.3. The largest absolute Gasteiger partial charge is 0.322 e. The fourth-order valence-electron chi connectivity index (χ4n) is 3.49. The number of anilines is 1. The van der Waals surface area contributed by atoms with E-state index in [1.54, 1.807) is 6.07 Å². The molecule has 3 amide bonds. The number of benzene rings is 1. The van der Waals surface area contributed by atoms with Gasteiger partial charge in [-0.1, -0.05) is 25.0 Å². The first-order chi connectivity index (χ1) is 11.0. The molecule has 122 valence electrons. The van der Waals surface area contributed by atoms with Gasteiger partial charge in [0, 0.05) is 0 Å². The van der Waals surface area contributed by atoms with Gasteiger partial charge in [-0.2, -0.15) is 0 Å². The van der Waals surface area contributed by atoms with Crippen molar-refractivity contribution in [1.29, 1.82) is 0 Å². The van der Waals surface area contributed by atoms with Crippen LogP contribution in [0.4, 0.5) is 10.1 Å². The number of likely N-dealkylation sites (tertiary alicyclic amines) is 1. The van der Waals surface area contributed by atoms with Gasteiger partial charge in [0.05, 0.1) is 17.5 Å². The van der Waals surface area contributed by atoms with Gasteiger partial charge >= 0.3 is 0 Å². The Morgan fingerprint density at radius 3 is 2.30 bits per heavy atom. The number of para-hydroxylation sites is 1. The molecule has 5 nitrogen and oxygen atoms in total. The molecule has 1 heterocycles. The van der Waals surface area contributed by atoms with Gasteiger partial charge < -0.3 is 5.32 Å². The second kappa shape index (κ2) is 6.10. The molecule has 0 bridgehead atoms. The van der Waals surface area contributed by atoms with Crippen LogP contribution in [-0.2, 0) is 14.4 Å². The van der Waals surface area contributed by atoms with E-state index in [4.69, 9.17) is 0 Å². The third-order valence-corrected chi connectivity index (χ3v) is 4.77. The zero-order valence-electron chi connectivity index (χ0n) is 12.9. The molecule has 0 spiro atoms. The van der Waals surface area contributed by atoms with E-state index in [9.17, 15) is 18.8 Å². The maximum atomic E-state index is 13.6. The lowest BCUT2D eigenvalue weighted by Crippen LogP contribution is -2.46.